The normalized spacial score (nSPS) is 19.2. The average Bonchev–Trinajstić information content (AvgIpc) is 2.88. The SMILES string of the molecule is COc1ccc2cc1OCC(=O)N[C@@H](C)C(=O)N(C)CCCCN(C(=O)CN)CCCNC(=O)CC2.Cl. The van der Waals surface area contributed by atoms with Crippen LogP contribution >= 0.6 is 12.4 Å². The van der Waals surface area contributed by atoms with Crippen molar-refractivity contribution in [1.29, 1.82) is 0 Å². The van der Waals surface area contributed by atoms with Crippen LogP contribution in [0.15, 0.2) is 18.2 Å². The molecule has 4 amide bonds. The number of rotatable bonds is 2. The zero-order chi connectivity index (χ0) is 26.5. The number of nitrogens with one attached hydrogen (secondary N) is 2. The second kappa shape index (κ2) is 16.6. The van der Waals surface area contributed by atoms with Crippen LogP contribution in [-0.2, 0) is 25.6 Å². The van der Waals surface area contributed by atoms with E-state index in [0.717, 1.165) is 5.56 Å². The van der Waals surface area contributed by atoms with Crippen molar-refractivity contribution in [2.24, 2.45) is 5.73 Å². The summed E-state index contributed by atoms with van der Waals surface area (Å²) in [6.07, 6.45) is 2.77. The fraction of sp³-hybridized carbons (Fsp3) is 0.600. The molecule has 0 saturated carbocycles. The summed E-state index contributed by atoms with van der Waals surface area (Å²) in [5.41, 5.74) is 6.41. The summed E-state index contributed by atoms with van der Waals surface area (Å²) >= 11 is 0. The molecule has 0 aliphatic carbocycles. The number of nitrogens with zero attached hydrogens (tertiary/aromatic N) is 2. The Morgan fingerprint density at radius 1 is 1.11 bits per heavy atom. The van der Waals surface area contributed by atoms with Crippen molar-refractivity contribution in [1.82, 2.24) is 20.4 Å². The van der Waals surface area contributed by atoms with Gasteiger partial charge in [-0.3, -0.25) is 19.2 Å². The third-order valence-corrected chi connectivity index (χ3v) is 5.98. The summed E-state index contributed by atoms with van der Waals surface area (Å²) < 4.78 is 11.0. The standard InChI is InChI=1S/C25H39N5O6.ClH/c1-18-25(34)29(2)12-4-5-13-30(24(33)16-26)14-6-11-27-22(31)10-8-19-7-9-20(35-3)21(15-19)36-17-23(32)28-18;/h7,9,15,18H,4-6,8,10-14,16-17,26H2,1-3H3,(H,27,31)(H,28,32);1H/t18-;/m0./s1. The highest BCUT2D eigenvalue weighted by Gasteiger charge is 2.20. The Morgan fingerprint density at radius 3 is 2.51 bits per heavy atom. The Morgan fingerprint density at radius 2 is 1.81 bits per heavy atom. The number of benzene rings is 1. The highest BCUT2D eigenvalue weighted by atomic mass is 35.5. The number of carbonyl (C=O) groups is 4. The van der Waals surface area contributed by atoms with E-state index in [1.165, 1.54) is 7.11 Å². The van der Waals surface area contributed by atoms with Crippen molar-refractivity contribution in [3.8, 4) is 11.5 Å². The predicted molar refractivity (Wildman–Crippen MR) is 142 cm³/mol. The molecule has 0 fully saturated rings. The molecular weight excluding hydrogens is 502 g/mol. The van der Waals surface area contributed by atoms with E-state index in [0.29, 0.717) is 63.4 Å². The molecule has 0 saturated heterocycles. The summed E-state index contributed by atoms with van der Waals surface area (Å²) in [4.78, 5) is 52.8. The van der Waals surface area contributed by atoms with E-state index in [-0.39, 0.29) is 49.7 Å². The van der Waals surface area contributed by atoms with Crippen molar-refractivity contribution >= 4 is 36.0 Å². The number of likely N-dealkylation sites (N-methyl/N-ethyl adjacent to an activating group) is 1. The molecule has 37 heavy (non-hydrogen) atoms. The smallest absolute Gasteiger partial charge is 0.258 e. The van der Waals surface area contributed by atoms with Gasteiger partial charge in [-0.2, -0.15) is 0 Å². The van der Waals surface area contributed by atoms with Gasteiger partial charge in [0.2, 0.25) is 17.7 Å². The third-order valence-electron chi connectivity index (χ3n) is 5.98. The highest BCUT2D eigenvalue weighted by molar-refractivity contribution is 5.87. The molecule has 1 heterocycles. The van der Waals surface area contributed by atoms with Crippen molar-refractivity contribution in [2.45, 2.75) is 45.1 Å². The Kier molecular flexibility index (Phi) is 14.4. The molecular formula is C25H40ClN5O6. The minimum Gasteiger partial charge on any atom is -0.493 e. The van der Waals surface area contributed by atoms with Crippen LogP contribution in [-0.4, -0.2) is 93.0 Å². The van der Waals surface area contributed by atoms with Crippen LogP contribution in [0.2, 0.25) is 0 Å². The number of methoxy groups -OCH3 is 1. The zero-order valence-electron chi connectivity index (χ0n) is 21.9. The van der Waals surface area contributed by atoms with E-state index < -0.39 is 11.9 Å². The second-order valence-corrected chi connectivity index (χ2v) is 8.82. The number of amides is 4. The highest BCUT2D eigenvalue weighted by Crippen LogP contribution is 2.28. The van der Waals surface area contributed by atoms with Gasteiger partial charge in [0.1, 0.15) is 6.04 Å². The van der Waals surface area contributed by atoms with E-state index in [1.807, 2.05) is 6.07 Å². The maximum Gasteiger partial charge on any atom is 0.258 e. The van der Waals surface area contributed by atoms with Gasteiger partial charge in [-0.05, 0) is 50.3 Å². The molecule has 0 spiro atoms. The quantitative estimate of drug-likeness (QED) is 0.494. The van der Waals surface area contributed by atoms with Crippen LogP contribution in [0.1, 0.15) is 38.2 Å². The van der Waals surface area contributed by atoms with Gasteiger partial charge in [0.05, 0.1) is 13.7 Å². The number of hydrogen-bond donors (Lipinski definition) is 3. The first-order valence-electron chi connectivity index (χ1n) is 12.3. The van der Waals surface area contributed by atoms with Crippen LogP contribution in [0.25, 0.3) is 0 Å². The summed E-state index contributed by atoms with van der Waals surface area (Å²) in [6.45, 7) is 3.22. The van der Waals surface area contributed by atoms with Gasteiger partial charge >= 0.3 is 0 Å². The van der Waals surface area contributed by atoms with Gasteiger partial charge in [0.25, 0.3) is 5.91 Å². The average molecular weight is 542 g/mol. The molecule has 2 rings (SSSR count). The molecule has 1 atom stereocenters. The molecule has 12 heteroatoms. The Balaban J connectivity index is 0.00000684. The zero-order valence-corrected chi connectivity index (χ0v) is 22.7. The number of nitrogens with two attached hydrogens (primary N) is 1. The topological polar surface area (TPSA) is 143 Å². The maximum atomic E-state index is 12.7. The first-order valence-corrected chi connectivity index (χ1v) is 12.3. The number of carbonyl (C=O) groups excluding carboxylic acids is 4. The molecule has 1 aromatic rings. The van der Waals surface area contributed by atoms with Gasteiger partial charge in [-0.1, -0.05) is 6.07 Å². The molecule has 0 aromatic heterocycles. The van der Waals surface area contributed by atoms with Gasteiger partial charge in [-0.15, -0.1) is 12.4 Å². The first-order chi connectivity index (χ1) is 17.2. The lowest BCUT2D eigenvalue weighted by molar-refractivity contribution is -0.135. The number of aryl methyl sites for hydroxylation is 1. The van der Waals surface area contributed by atoms with Gasteiger partial charge < -0.3 is 35.6 Å². The lowest BCUT2D eigenvalue weighted by Gasteiger charge is -2.24. The van der Waals surface area contributed by atoms with Crippen LogP contribution in [0.3, 0.4) is 0 Å². The van der Waals surface area contributed by atoms with Gasteiger partial charge in [0, 0.05) is 39.6 Å². The molecule has 208 valence electrons. The molecule has 1 aliphatic rings. The summed E-state index contributed by atoms with van der Waals surface area (Å²) in [5, 5.41) is 5.55. The minimum atomic E-state index is -0.717. The van der Waals surface area contributed by atoms with E-state index in [9.17, 15) is 19.2 Å². The minimum absolute atomic E-state index is 0. The van der Waals surface area contributed by atoms with Crippen molar-refractivity contribution in [3.63, 3.8) is 0 Å². The van der Waals surface area contributed by atoms with E-state index in [1.54, 1.807) is 35.9 Å². The van der Waals surface area contributed by atoms with E-state index >= 15 is 0 Å². The molecule has 2 bridgehead atoms. The number of fused-ring (bicyclic) bond motifs is 2. The number of ether oxygens (including phenoxy) is 2. The molecule has 11 nitrogen and oxygen atoms in total. The van der Waals surface area contributed by atoms with Crippen molar-refractivity contribution in [3.05, 3.63) is 23.8 Å². The Hall–Kier alpha value is -3.05. The van der Waals surface area contributed by atoms with Crippen LogP contribution in [0.5, 0.6) is 11.5 Å². The fourth-order valence-corrected chi connectivity index (χ4v) is 3.90. The van der Waals surface area contributed by atoms with E-state index in [2.05, 4.69) is 10.6 Å². The molecule has 1 aliphatic heterocycles. The van der Waals surface area contributed by atoms with E-state index in [4.69, 9.17) is 15.2 Å². The third kappa shape index (κ3) is 10.8. The van der Waals surface area contributed by atoms with Crippen LogP contribution in [0, 0.1) is 0 Å². The largest absolute Gasteiger partial charge is 0.493 e. The summed E-state index contributed by atoms with van der Waals surface area (Å²) in [6, 6.07) is 4.59. The van der Waals surface area contributed by atoms with Crippen molar-refractivity contribution in [2.75, 3.05) is 53.5 Å². The second-order valence-electron chi connectivity index (χ2n) is 8.82. The van der Waals surface area contributed by atoms with Gasteiger partial charge in [0.15, 0.2) is 18.1 Å². The van der Waals surface area contributed by atoms with Crippen LogP contribution < -0.4 is 25.8 Å². The fourth-order valence-electron chi connectivity index (χ4n) is 3.90. The predicted octanol–water partition coefficient (Wildman–Crippen LogP) is 0.479. The first kappa shape index (κ1) is 32.0. The molecule has 0 unspecified atom stereocenters. The summed E-state index contributed by atoms with van der Waals surface area (Å²) in [7, 11) is 3.19. The lowest BCUT2D eigenvalue weighted by atomic mass is 10.1. The lowest BCUT2D eigenvalue weighted by Crippen LogP contribution is -2.47. The number of hydrogen-bond acceptors (Lipinski definition) is 7. The molecule has 1 aromatic carbocycles. The Bertz CT molecular complexity index is 916. The van der Waals surface area contributed by atoms with Crippen LogP contribution in [0.4, 0.5) is 0 Å². The monoisotopic (exact) mass is 541 g/mol. The number of halogens is 1. The summed E-state index contributed by atoms with van der Waals surface area (Å²) in [5.74, 6) is -0.0356. The molecule has 4 N–H and O–H groups in total. The molecule has 0 radical (unpaired) electrons. The Labute approximate surface area is 224 Å². The maximum absolute atomic E-state index is 12.7. The van der Waals surface area contributed by atoms with Crippen molar-refractivity contribution < 1.29 is 28.7 Å². The van der Waals surface area contributed by atoms with Gasteiger partial charge in [-0.25, -0.2) is 0 Å².